The quantitative estimate of drug-likeness (QED) is 0.0438. The van der Waals surface area contributed by atoms with Gasteiger partial charge in [-0.3, -0.25) is 4.79 Å². The highest BCUT2D eigenvalue weighted by Gasteiger charge is 2.45. The largest absolute Gasteiger partial charge is 0.395 e. The molecule has 0 saturated carbocycles. The molecule has 0 bridgehead atoms. The molecular formula is C71H100N5O3+. The van der Waals surface area contributed by atoms with Crippen LogP contribution in [-0.4, -0.2) is 105 Å². The molecule has 8 heteroatoms. The maximum absolute atomic E-state index is 13.4. The highest BCUT2D eigenvalue weighted by atomic mass is 16.5. The summed E-state index contributed by atoms with van der Waals surface area (Å²) in [5, 5.41) is 18.0. The average Bonchev–Trinajstić information content (AvgIpc) is 3.68. The molecular weight excluding hydrogens is 971 g/mol. The number of carbonyl (C=O) groups is 1. The van der Waals surface area contributed by atoms with E-state index in [0.29, 0.717) is 11.8 Å². The predicted molar refractivity (Wildman–Crippen MR) is 333 cm³/mol. The standard InChI is InChI=1S/C71H99N5O3/c1-11-51(27-28-52(54-40-46-76(47-41-54)48-49-77)37-42-71(7,12-2)68(78)72-50-79-10)53-38-44-75(45-39-53)43-18-17-24-59-55(31-35-64-69(3,4)66-60-25-15-13-20-57(60)29-33-62(66)73(64)8)22-19-23-56(59)32-36-65-70(5,6)67-61-26-16-14-21-58(61)30-34-63(67)74(65)9/h13-16,20-21,25-26,29-36,51-54,77H,11-12,17-19,22-24,27-28,37-50H2,1-10H3/p+1. The number of rotatable bonds is 23. The van der Waals surface area contributed by atoms with Gasteiger partial charge in [-0.2, -0.15) is 4.58 Å². The van der Waals surface area contributed by atoms with E-state index in [1.165, 1.54) is 150 Å². The Morgan fingerprint density at radius 2 is 1.42 bits per heavy atom. The fraction of sp³-hybridized carbons (Fsp3) is 0.577. The van der Waals surface area contributed by atoms with Gasteiger partial charge in [0.05, 0.1) is 12.0 Å². The average molecular weight is 1070 g/mol. The number of aliphatic hydroxyl groups is 1. The van der Waals surface area contributed by atoms with Crippen LogP contribution in [0, 0.1) is 29.1 Å². The number of methoxy groups -OCH3 is 1. The van der Waals surface area contributed by atoms with Crippen LogP contribution in [0.25, 0.3) is 21.5 Å². The minimum absolute atomic E-state index is 0.119. The van der Waals surface area contributed by atoms with Crippen molar-refractivity contribution in [2.75, 3.05) is 78.7 Å². The number of hydrogen-bond donors (Lipinski definition) is 2. The maximum atomic E-state index is 13.4. The molecule has 5 aliphatic rings. The second kappa shape index (κ2) is 25.9. The number of aliphatic hydroxyl groups excluding tert-OH is 1. The summed E-state index contributed by atoms with van der Waals surface area (Å²) in [6, 6.07) is 27.1. The van der Waals surface area contributed by atoms with Crippen molar-refractivity contribution in [1.82, 2.24) is 15.1 Å². The Balaban J connectivity index is 0.875. The van der Waals surface area contributed by atoms with E-state index in [0.717, 1.165) is 70.0 Å². The maximum Gasteiger partial charge on any atom is 0.227 e. The van der Waals surface area contributed by atoms with Gasteiger partial charge in [0, 0.05) is 60.6 Å². The first-order valence-electron chi connectivity index (χ1n) is 31.2. The minimum Gasteiger partial charge on any atom is -0.395 e. The molecule has 426 valence electrons. The molecule has 9 rings (SSSR count). The number of likely N-dealkylation sites (tertiary alicyclic amines) is 2. The third kappa shape index (κ3) is 12.6. The number of carbonyl (C=O) groups excluding carboxylic acids is 1. The lowest BCUT2D eigenvalue weighted by molar-refractivity contribution is -0.401. The Labute approximate surface area is 477 Å². The Kier molecular flexibility index (Phi) is 19.3. The van der Waals surface area contributed by atoms with Crippen molar-refractivity contribution in [1.29, 1.82) is 0 Å². The number of piperidine rings is 2. The van der Waals surface area contributed by atoms with Gasteiger partial charge in [-0.25, -0.2) is 0 Å². The van der Waals surface area contributed by atoms with Gasteiger partial charge < -0.3 is 29.9 Å². The summed E-state index contributed by atoms with van der Waals surface area (Å²) in [5.41, 5.74) is 12.3. The van der Waals surface area contributed by atoms with Crippen molar-refractivity contribution in [3.63, 3.8) is 0 Å². The molecule has 2 saturated heterocycles. The number of allylic oxidation sites excluding steroid dienone is 8. The van der Waals surface area contributed by atoms with Crippen LogP contribution in [0.3, 0.4) is 0 Å². The van der Waals surface area contributed by atoms with Crippen LogP contribution in [0.15, 0.2) is 120 Å². The lowest BCUT2D eigenvalue weighted by atomic mass is 9.71. The Morgan fingerprint density at radius 1 is 0.785 bits per heavy atom. The molecule has 2 N–H and O–H groups in total. The lowest BCUT2D eigenvalue weighted by Crippen LogP contribution is -2.41. The van der Waals surface area contributed by atoms with Crippen molar-refractivity contribution < 1.29 is 19.2 Å². The fourth-order valence-electron chi connectivity index (χ4n) is 15.6. The zero-order chi connectivity index (χ0) is 55.9. The molecule has 4 heterocycles. The molecule has 0 radical (unpaired) electrons. The van der Waals surface area contributed by atoms with Gasteiger partial charge in [0.15, 0.2) is 5.71 Å². The number of amides is 1. The van der Waals surface area contributed by atoms with Crippen molar-refractivity contribution in [3.05, 3.63) is 131 Å². The normalized spacial score (nSPS) is 21.9. The van der Waals surface area contributed by atoms with Crippen LogP contribution in [0.5, 0.6) is 0 Å². The summed E-state index contributed by atoms with van der Waals surface area (Å²) in [4.78, 5) is 21.0. The van der Waals surface area contributed by atoms with E-state index in [1.54, 1.807) is 12.7 Å². The van der Waals surface area contributed by atoms with Crippen molar-refractivity contribution in [2.45, 2.75) is 162 Å². The second-order valence-corrected chi connectivity index (χ2v) is 26.0. The van der Waals surface area contributed by atoms with Crippen LogP contribution in [-0.2, 0) is 20.4 Å². The van der Waals surface area contributed by atoms with E-state index in [-0.39, 0.29) is 35.5 Å². The van der Waals surface area contributed by atoms with Gasteiger partial charge >= 0.3 is 0 Å². The highest BCUT2D eigenvalue weighted by Crippen LogP contribution is 2.51. The van der Waals surface area contributed by atoms with E-state index in [1.807, 2.05) is 0 Å². The monoisotopic (exact) mass is 1070 g/mol. The first kappa shape index (κ1) is 58.8. The van der Waals surface area contributed by atoms with Crippen LogP contribution < -0.4 is 10.2 Å². The summed E-state index contributed by atoms with van der Waals surface area (Å²) in [5.74, 6) is 3.00. The Hall–Kier alpha value is -4.86. The van der Waals surface area contributed by atoms with Crippen LogP contribution >= 0.6 is 0 Å². The molecule has 4 aromatic rings. The summed E-state index contributed by atoms with van der Waals surface area (Å²) >= 11 is 0. The number of ether oxygens (including phenoxy) is 1. The van der Waals surface area contributed by atoms with Gasteiger partial charge in [-0.1, -0.05) is 108 Å². The first-order valence-corrected chi connectivity index (χ1v) is 31.2. The molecule has 79 heavy (non-hydrogen) atoms. The van der Waals surface area contributed by atoms with Crippen LogP contribution in [0.4, 0.5) is 11.4 Å². The summed E-state index contributed by atoms with van der Waals surface area (Å²) < 4.78 is 7.67. The van der Waals surface area contributed by atoms with Gasteiger partial charge in [-0.05, 0) is 229 Å². The molecule has 8 nitrogen and oxygen atoms in total. The third-order valence-electron chi connectivity index (χ3n) is 20.7. The van der Waals surface area contributed by atoms with Gasteiger partial charge in [0.2, 0.25) is 11.6 Å². The zero-order valence-corrected chi connectivity index (χ0v) is 50.6. The number of nitrogens with zero attached hydrogens (tertiary/aromatic N) is 4. The molecule has 2 fully saturated rings. The number of unbranched alkanes of at least 4 members (excludes halogenated alkanes) is 1. The second-order valence-electron chi connectivity index (χ2n) is 26.0. The van der Waals surface area contributed by atoms with Gasteiger partial charge in [0.1, 0.15) is 13.8 Å². The smallest absolute Gasteiger partial charge is 0.227 e. The summed E-state index contributed by atoms with van der Waals surface area (Å²) in [6.45, 7) is 23.5. The fourth-order valence-corrected chi connectivity index (χ4v) is 15.6. The molecule has 1 aliphatic carbocycles. The third-order valence-corrected chi connectivity index (χ3v) is 20.7. The number of benzene rings is 4. The number of fused-ring (bicyclic) bond motifs is 6. The molecule has 0 aromatic heterocycles. The van der Waals surface area contributed by atoms with Crippen LogP contribution in [0.1, 0.15) is 162 Å². The minimum atomic E-state index is -0.379. The highest BCUT2D eigenvalue weighted by molar-refractivity contribution is 6.07. The Morgan fingerprint density at radius 3 is 2.08 bits per heavy atom. The number of hydrogen-bond acceptors (Lipinski definition) is 6. The molecule has 3 atom stereocenters. The number of anilines is 1. The SMILES string of the molecule is CCC(CCC(CCC(C)(CC)C(=O)NCOC)C1CCN(CCO)CC1)C1CCN(CCCCC2=C(/C=C/C3=[N+](C)c4ccc5ccccc5c4C3(C)C)CCC/C2=C\C=C2\N(C)c3ccc4ccccc4c3C2(C)C)CC1. The first-order chi connectivity index (χ1) is 38.1. The molecule has 1 amide bonds. The van der Waals surface area contributed by atoms with E-state index in [2.05, 4.69) is 184 Å². The predicted octanol–water partition coefficient (Wildman–Crippen LogP) is 15.2. The molecule has 4 aromatic carbocycles. The summed E-state index contributed by atoms with van der Waals surface area (Å²) in [7, 11) is 6.18. The van der Waals surface area contributed by atoms with Crippen LogP contribution in [0.2, 0.25) is 0 Å². The molecule has 0 spiro atoms. The number of nitrogens with one attached hydrogen (secondary N) is 1. The van der Waals surface area contributed by atoms with Crippen molar-refractivity contribution in [3.8, 4) is 0 Å². The van der Waals surface area contributed by atoms with E-state index in [9.17, 15) is 9.90 Å². The van der Waals surface area contributed by atoms with E-state index < -0.39 is 0 Å². The summed E-state index contributed by atoms with van der Waals surface area (Å²) in [6.07, 6.45) is 28.7. The van der Waals surface area contributed by atoms with Gasteiger partial charge in [-0.15, -0.1) is 0 Å². The zero-order valence-electron chi connectivity index (χ0n) is 50.6. The van der Waals surface area contributed by atoms with E-state index >= 15 is 0 Å². The molecule has 3 unspecified atom stereocenters. The van der Waals surface area contributed by atoms with Crippen molar-refractivity contribution >= 4 is 44.5 Å². The number of likely N-dealkylation sites (N-methyl/N-ethyl adjacent to an activating group) is 1. The lowest BCUT2D eigenvalue weighted by Gasteiger charge is -2.39. The van der Waals surface area contributed by atoms with E-state index in [4.69, 9.17) is 4.74 Å². The number of β-amino-alcohol motifs (C(OH)–C–C–N with tert-alkyl or cyclic N) is 1. The van der Waals surface area contributed by atoms with Gasteiger partial charge in [0.25, 0.3) is 0 Å². The molecule has 4 aliphatic heterocycles. The van der Waals surface area contributed by atoms with Crippen molar-refractivity contribution in [2.24, 2.45) is 29.1 Å². The topological polar surface area (TPSA) is 71.3 Å². The Bertz CT molecular complexity index is 2920.